The van der Waals surface area contributed by atoms with Gasteiger partial charge in [0.25, 0.3) is 5.69 Å². The second-order valence-corrected chi connectivity index (χ2v) is 6.70. The summed E-state index contributed by atoms with van der Waals surface area (Å²) in [4.78, 5) is 38.0. The van der Waals surface area contributed by atoms with Crippen molar-refractivity contribution in [1.82, 2.24) is 4.90 Å². The first-order chi connectivity index (χ1) is 13.5. The minimum atomic E-state index is -0.772. The number of piperidine rings is 1. The number of ether oxygens (including phenoxy) is 1. The second-order valence-electron chi connectivity index (χ2n) is 6.70. The molecule has 0 saturated carbocycles. The van der Waals surface area contributed by atoms with Crippen molar-refractivity contribution >= 4 is 17.4 Å². The van der Waals surface area contributed by atoms with Crippen LogP contribution in [0.15, 0.2) is 54.6 Å². The van der Waals surface area contributed by atoms with Gasteiger partial charge < -0.3 is 4.74 Å². The first-order valence-corrected chi connectivity index (χ1v) is 9.22. The van der Waals surface area contributed by atoms with Crippen molar-refractivity contribution in [2.45, 2.75) is 38.4 Å². The quantitative estimate of drug-likeness (QED) is 0.432. The van der Waals surface area contributed by atoms with Crippen molar-refractivity contribution in [3.63, 3.8) is 0 Å². The molecule has 0 spiro atoms. The third kappa shape index (κ3) is 4.26. The minimum absolute atomic E-state index is 0.0444. The van der Waals surface area contributed by atoms with E-state index in [1.165, 1.54) is 6.07 Å². The van der Waals surface area contributed by atoms with Crippen molar-refractivity contribution in [3.8, 4) is 0 Å². The third-order valence-electron chi connectivity index (χ3n) is 4.90. The number of hydrogen-bond donors (Lipinski definition) is 0. The van der Waals surface area contributed by atoms with E-state index in [-0.39, 0.29) is 30.9 Å². The van der Waals surface area contributed by atoms with E-state index < -0.39 is 23.0 Å². The van der Waals surface area contributed by atoms with Crippen LogP contribution in [-0.4, -0.2) is 34.2 Å². The van der Waals surface area contributed by atoms with E-state index in [9.17, 15) is 19.7 Å². The lowest BCUT2D eigenvalue weighted by Crippen LogP contribution is -2.49. The van der Waals surface area contributed by atoms with Crippen LogP contribution in [0.2, 0.25) is 0 Å². The van der Waals surface area contributed by atoms with Gasteiger partial charge in [-0.1, -0.05) is 48.5 Å². The van der Waals surface area contributed by atoms with Gasteiger partial charge in [0, 0.05) is 37.1 Å². The SMILES string of the molecule is CCOC(=O)[C@@H]1CC(=O)C[C@@H](c2ccccc2[N+](=O)[O-])N1Cc1ccccc1. The fraction of sp³-hybridized carbons (Fsp3) is 0.333. The van der Waals surface area contributed by atoms with Gasteiger partial charge in [-0.15, -0.1) is 0 Å². The molecule has 7 nitrogen and oxygen atoms in total. The predicted molar refractivity (Wildman–Crippen MR) is 102 cm³/mol. The summed E-state index contributed by atoms with van der Waals surface area (Å²) in [5, 5.41) is 11.5. The Morgan fingerprint density at radius 1 is 1.14 bits per heavy atom. The Bertz CT molecular complexity index is 868. The molecule has 1 aliphatic rings. The summed E-state index contributed by atoms with van der Waals surface area (Å²) >= 11 is 0. The number of nitro benzene ring substituents is 1. The molecule has 1 heterocycles. The van der Waals surface area contributed by atoms with Crippen LogP contribution in [0.25, 0.3) is 0 Å². The number of para-hydroxylation sites is 1. The number of Topliss-reactive ketones (excluding diaryl/α,β-unsaturated/α-hetero) is 1. The van der Waals surface area contributed by atoms with Crippen molar-refractivity contribution in [2.75, 3.05) is 6.61 Å². The minimum Gasteiger partial charge on any atom is -0.465 e. The lowest BCUT2D eigenvalue weighted by atomic mass is 9.88. The van der Waals surface area contributed by atoms with E-state index in [2.05, 4.69) is 0 Å². The lowest BCUT2D eigenvalue weighted by Gasteiger charge is -2.40. The van der Waals surface area contributed by atoms with Crippen LogP contribution in [0.4, 0.5) is 5.69 Å². The maximum absolute atomic E-state index is 12.6. The number of carbonyl (C=O) groups is 2. The molecule has 2 aromatic carbocycles. The maximum Gasteiger partial charge on any atom is 0.323 e. The van der Waals surface area contributed by atoms with E-state index in [1.807, 2.05) is 35.2 Å². The second kappa shape index (κ2) is 8.75. The van der Waals surface area contributed by atoms with E-state index in [4.69, 9.17) is 4.74 Å². The highest BCUT2D eigenvalue weighted by molar-refractivity contribution is 5.88. The molecule has 1 aliphatic heterocycles. The van der Waals surface area contributed by atoms with E-state index in [1.54, 1.807) is 25.1 Å². The predicted octanol–water partition coefficient (Wildman–Crippen LogP) is 3.43. The normalized spacial score (nSPS) is 20.0. The molecule has 2 atom stereocenters. The van der Waals surface area contributed by atoms with Gasteiger partial charge in [-0.25, -0.2) is 0 Å². The Morgan fingerprint density at radius 3 is 2.50 bits per heavy atom. The van der Waals surface area contributed by atoms with Crippen LogP contribution >= 0.6 is 0 Å². The molecule has 1 saturated heterocycles. The Labute approximate surface area is 163 Å². The van der Waals surface area contributed by atoms with Crippen LogP contribution < -0.4 is 0 Å². The summed E-state index contributed by atoms with van der Waals surface area (Å²) in [5.41, 5.74) is 1.34. The topological polar surface area (TPSA) is 89.8 Å². The fourth-order valence-electron chi connectivity index (χ4n) is 3.66. The number of esters is 1. The van der Waals surface area contributed by atoms with Crippen molar-refractivity contribution in [3.05, 3.63) is 75.8 Å². The molecule has 0 amide bonds. The van der Waals surface area contributed by atoms with Gasteiger partial charge in [-0.2, -0.15) is 0 Å². The number of likely N-dealkylation sites (tertiary alicyclic amines) is 1. The van der Waals surface area contributed by atoms with Crippen molar-refractivity contribution < 1.29 is 19.2 Å². The third-order valence-corrected chi connectivity index (χ3v) is 4.90. The van der Waals surface area contributed by atoms with Crippen LogP contribution in [0.3, 0.4) is 0 Å². The van der Waals surface area contributed by atoms with Crippen LogP contribution in [-0.2, 0) is 20.9 Å². The fourth-order valence-corrected chi connectivity index (χ4v) is 3.66. The molecule has 0 unspecified atom stereocenters. The molecule has 0 aromatic heterocycles. The molecule has 0 bridgehead atoms. The zero-order valence-corrected chi connectivity index (χ0v) is 15.6. The number of rotatable bonds is 6. The zero-order valence-electron chi connectivity index (χ0n) is 15.6. The van der Waals surface area contributed by atoms with Crippen molar-refractivity contribution in [1.29, 1.82) is 0 Å². The van der Waals surface area contributed by atoms with Gasteiger partial charge in [0.15, 0.2) is 0 Å². The van der Waals surface area contributed by atoms with E-state index >= 15 is 0 Å². The van der Waals surface area contributed by atoms with Crippen LogP contribution in [0, 0.1) is 10.1 Å². The number of hydrogen-bond acceptors (Lipinski definition) is 6. The van der Waals surface area contributed by atoms with Gasteiger partial charge in [0.1, 0.15) is 11.8 Å². The molecule has 2 aromatic rings. The summed E-state index contributed by atoms with van der Waals surface area (Å²) < 4.78 is 5.19. The molecular formula is C21H22N2O5. The van der Waals surface area contributed by atoms with Crippen LogP contribution in [0.5, 0.6) is 0 Å². The first kappa shape index (κ1) is 19.7. The summed E-state index contributed by atoms with van der Waals surface area (Å²) in [6, 6.07) is 14.6. The van der Waals surface area contributed by atoms with Crippen molar-refractivity contribution in [2.24, 2.45) is 0 Å². The molecule has 3 rings (SSSR count). The monoisotopic (exact) mass is 382 g/mol. The largest absolute Gasteiger partial charge is 0.465 e. The van der Waals surface area contributed by atoms with Gasteiger partial charge in [-0.3, -0.25) is 24.6 Å². The lowest BCUT2D eigenvalue weighted by molar-refractivity contribution is -0.386. The molecule has 0 radical (unpaired) electrons. The molecule has 0 aliphatic carbocycles. The van der Waals surface area contributed by atoms with Gasteiger partial charge in [0.05, 0.1) is 11.5 Å². The van der Waals surface area contributed by atoms with Gasteiger partial charge in [0.2, 0.25) is 0 Å². The standard InChI is InChI=1S/C21H22N2O5/c1-2-28-21(25)20-13-16(24)12-19(17-10-6-7-11-18(17)23(26)27)22(20)14-15-8-4-3-5-9-15/h3-11,19-20H,2,12-14H2,1H3/t19-,20-/m0/s1. The summed E-state index contributed by atoms with van der Waals surface area (Å²) in [6.45, 7) is 2.30. The number of ketones is 1. The number of nitrogens with zero attached hydrogens (tertiary/aromatic N) is 2. The average Bonchev–Trinajstić information content (AvgIpc) is 2.70. The van der Waals surface area contributed by atoms with Gasteiger partial charge >= 0.3 is 5.97 Å². The Morgan fingerprint density at radius 2 is 1.82 bits per heavy atom. The zero-order chi connectivity index (χ0) is 20.1. The maximum atomic E-state index is 12.6. The highest BCUT2D eigenvalue weighted by Crippen LogP contribution is 2.38. The molecular weight excluding hydrogens is 360 g/mol. The van der Waals surface area contributed by atoms with Gasteiger partial charge in [-0.05, 0) is 12.5 Å². The Kier molecular flexibility index (Phi) is 6.16. The highest BCUT2D eigenvalue weighted by Gasteiger charge is 2.42. The Hall–Kier alpha value is -3.06. The summed E-state index contributed by atoms with van der Waals surface area (Å²) in [6.07, 6.45) is 0.163. The number of nitro groups is 1. The smallest absolute Gasteiger partial charge is 0.323 e. The number of carbonyl (C=O) groups excluding carboxylic acids is 2. The summed E-state index contributed by atoms with van der Waals surface area (Å²) in [5.74, 6) is -0.583. The van der Waals surface area contributed by atoms with Crippen LogP contribution in [0.1, 0.15) is 36.9 Å². The van der Waals surface area contributed by atoms with E-state index in [0.29, 0.717) is 12.1 Å². The first-order valence-electron chi connectivity index (χ1n) is 9.22. The molecule has 146 valence electrons. The number of benzene rings is 2. The molecule has 28 heavy (non-hydrogen) atoms. The highest BCUT2D eigenvalue weighted by atomic mass is 16.6. The summed E-state index contributed by atoms with van der Waals surface area (Å²) in [7, 11) is 0. The molecule has 7 heteroatoms. The van der Waals surface area contributed by atoms with E-state index in [0.717, 1.165) is 5.56 Å². The molecule has 1 fully saturated rings. The molecule has 0 N–H and O–H groups in total. The Balaban J connectivity index is 2.05. The average molecular weight is 382 g/mol.